The number of pyridine rings is 1. The van der Waals surface area contributed by atoms with Gasteiger partial charge < -0.3 is 0 Å². The number of benzene rings is 1. The molecular formula is C14H9ClF2N4O3S. The molecular weight excluding hydrogens is 378 g/mol. The van der Waals surface area contributed by atoms with Crippen molar-refractivity contribution in [3.63, 3.8) is 0 Å². The Bertz CT molecular complexity index is 1140. The largest absolute Gasteiger partial charge is 0.276 e. The maximum absolute atomic E-state index is 14.1. The van der Waals surface area contributed by atoms with Crippen LogP contribution in [0.2, 0.25) is 5.15 Å². The lowest BCUT2D eigenvalue weighted by molar-refractivity contribution is 0.568. The molecule has 0 amide bonds. The summed E-state index contributed by atoms with van der Waals surface area (Å²) in [5.74, 6) is -2.05. The fraction of sp³-hybridized carbons (Fsp3) is 0.0714. The van der Waals surface area contributed by atoms with E-state index in [2.05, 4.69) is 9.97 Å². The van der Waals surface area contributed by atoms with Crippen LogP contribution >= 0.6 is 11.6 Å². The molecule has 25 heavy (non-hydrogen) atoms. The fourth-order valence-corrected chi connectivity index (χ4v) is 3.07. The third-order valence-electron chi connectivity index (χ3n) is 3.35. The highest BCUT2D eigenvalue weighted by molar-refractivity contribution is 7.89. The molecule has 0 saturated heterocycles. The third-order valence-corrected chi connectivity index (χ3v) is 4.84. The number of nitrogens with zero attached hydrogens (tertiary/aromatic N) is 3. The lowest BCUT2D eigenvalue weighted by atomic mass is 10.2. The van der Waals surface area contributed by atoms with Gasteiger partial charge in [0.2, 0.25) is 0 Å². The highest BCUT2D eigenvalue weighted by Crippen LogP contribution is 2.24. The molecule has 0 radical (unpaired) electrons. The van der Waals surface area contributed by atoms with E-state index >= 15 is 0 Å². The molecule has 0 bridgehead atoms. The molecule has 7 nitrogen and oxygen atoms in total. The maximum atomic E-state index is 14.1. The van der Waals surface area contributed by atoms with Crippen LogP contribution in [0.1, 0.15) is 0 Å². The minimum atomic E-state index is -4.10. The summed E-state index contributed by atoms with van der Waals surface area (Å²) < 4.78 is 54.8. The molecule has 1 aromatic carbocycles. The lowest BCUT2D eigenvalue weighted by Gasteiger charge is -2.12. The van der Waals surface area contributed by atoms with Crippen molar-refractivity contribution in [3.05, 3.63) is 57.5 Å². The fourth-order valence-electron chi connectivity index (χ4n) is 2.19. The minimum absolute atomic E-state index is 0.0546. The predicted molar refractivity (Wildman–Crippen MR) is 86.3 cm³/mol. The first-order valence-electron chi connectivity index (χ1n) is 6.73. The Kier molecular flexibility index (Phi) is 4.27. The Hall–Kier alpha value is -2.43. The van der Waals surface area contributed by atoms with Gasteiger partial charge >= 0.3 is 0 Å². The second-order valence-corrected chi connectivity index (χ2v) is 6.96. The third kappa shape index (κ3) is 2.88. The summed E-state index contributed by atoms with van der Waals surface area (Å²) in [5.41, 5.74) is -1.86. The van der Waals surface area contributed by atoms with Crippen LogP contribution in [0.25, 0.3) is 16.7 Å². The van der Waals surface area contributed by atoms with E-state index in [1.807, 2.05) is 4.72 Å². The number of halogens is 3. The first kappa shape index (κ1) is 17.4. The SMILES string of the molecule is CNS(=O)(=O)c1nc(Cl)c2ccc(=O)n(-c3c(F)cccc3F)c2n1. The predicted octanol–water partition coefficient (Wildman–Crippen LogP) is 1.62. The van der Waals surface area contributed by atoms with Crippen LogP contribution in [0.3, 0.4) is 0 Å². The topological polar surface area (TPSA) is 94.0 Å². The quantitative estimate of drug-likeness (QED) is 0.545. The highest BCUT2D eigenvalue weighted by atomic mass is 35.5. The summed E-state index contributed by atoms with van der Waals surface area (Å²) in [7, 11) is -2.97. The lowest BCUT2D eigenvalue weighted by Crippen LogP contribution is -2.24. The van der Waals surface area contributed by atoms with Crippen molar-refractivity contribution in [1.29, 1.82) is 0 Å². The number of nitrogens with one attached hydrogen (secondary N) is 1. The van der Waals surface area contributed by atoms with E-state index in [0.29, 0.717) is 4.57 Å². The number of hydrogen-bond acceptors (Lipinski definition) is 5. The number of rotatable bonds is 3. The molecule has 0 atom stereocenters. The monoisotopic (exact) mass is 386 g/mol. The van der Waals surface area contributed by atoms with Crippen molar-refractivity contribution >= 4 is 32.7 Å². The van der Waals surface area contributed by atoms with Crippen LogP contribution < -0.4 is 10.3 Å². The van der Waals surface area contributed by atoms with Gasteiger partial charge in [0.25, 0.3) is 20.7 Å². The van der Waals surface area contributed by atoms with E-state index in [1.165, 1.54) is 6.07 Å². The molecule has 3 aromatic rings. The molecule has 0 aliphatic heterocycles. The van der Waals surface area contributed by atoms with Gasteiger partial charge in [-0.2, -0.15) is 4.98 Å². The Morgan fingerprint density at radius 3 is 2.36 bits per heavy atom. The Labute approximate surface area is 145 Å². The molecule has 0 unspecified atom stereocenters. The van der Waals surface area contributed by atoms with Crippen molar-refractivity contribution in [2.75, 3.05) is 7.05 Å². The molecule has 3 rings (SSSR count). The molecule has 2 aromatic heterocycles. The van der Waals surface area contributed by atoms with Crippen molar-refractivity contribution in [1.82, 2.24) is 19.3 Å². The summed E-state index contributed by atoms with van der Waals surface area (Å²) in [6, 6.07) is 5.30. The molecule has 2 heterocycles. The van der Waals surface area contributed by atoms with Crippen LogP contribution in [-0.2, 0) is 10.0 Å². The van der Waals surface area contributed by atoms with Crippen molar-refractivity contribution in [2.24, 2.45) is 0 Å². The van der Waals surface area contributed by atoms with Crippen molar-refractivity contribution in [3.8, 4) is 5.69 Å². The van der Waals surface area contributed by atoms with E-state index in [0.717, 1.165) is 31.3 Å². The van der Waals surface area contributed by atoms with Crippen LogP contribution in [0.5, 0.6) is 0 Å². The number of para-hydroxylation sites is 1. The highest BCUT2D eigenvalue weighted by Gasteiger charge is 2.22. The Balaban J connectivity index is 2.52. The second-order valence-electron chi connectivity index (χ2n) is 4.82. The van der Waals surface area contributed by atoms with Crippen LogP contribution in [-0.4, -0.2) is 30.0 Å². The maximum Gasteiger partial charge on any atom is 0.276 e. The summed E-state index contributed by atoms with van der Waals surface area (Å²) in [5, 5.41) is -0.966. The normalized spacial score (nSPS) is 11.8. The standard InChI is InChI=1S/C14H9ClF2N4O3S/c1-18-25(23,24)14-19-12(15)7-5-6-10(22)21(13(7)20-14)11-8(16)3-2-4-9(11)17/h2-6,18H,1H3. The van der Waals surface area contributed by atoms with Crippen LogP contribution in [0.15, 0.2) is 40.3 Å². The molecule has 1 N–H and O–H groups in total. The summed E-state index contributed by atoms with van der Waals surface area (Å²) >= 11 is 5.97. The number of hydrogen-bond donors (Lipinski definition) is 1. The Morgan fingerprint density at radius 1 is 1.12 bits per heavy atom. The van der Waals surface area contributed by atoms with Gasteiger partial charge in [0.1, 0.15) is 22.5 Å². The van der Waals surface area contributed by atoms with Gasteiger partial charge in [-0.05, 0) is 25.2 Å². The van der Waals surface area contributed by atoms with Crippen molar-refractivity contribution < 1.29 is 17.2 Å². The molecule has 0 spiro atoms. The second kappa shape index (κ2) is 6.14. The van der Waals surface area contributed by atoms with Gasteiger partial charge in [0.05, 0.1) is 5.39 Å². The zero-order chi connectivity index (χ0) is 18.4. The summed E-state index contributed by atoms with van der Waals surface area (Å²) in [6.07, 6.45) is 0. The molecule has 0 fully saturated rings. The van der Waals surface area contributed by atoms with Gasteiger partial charge in [-0.15, -0.1) is 0 Å². The van der Waals surface area contributed by atoms with E-state index in [4.69, 9.17) is 11.6 Å². The first-order valence-corrected chi connectivity index (χ1v) is 8.59. The molecule has 130 valence electrons. The summed E-state index contributed by atoms with van der Waals surface area (Å²) in [6.45, 7) is 0. The van der Waals surface area contributed by atoms with Crippen LogP contribution in [0.4, 0.5) is 8.78 Å². The van der Waals surface area contributed by atoms with Gasteiger partial charge in [-0.25, -0.2) is 26.9 Å². The van der Waals surface area contributed by atoms with E-state index in [-0.39, 0.29) is 16.2 Å². The molecule has 11 heteroatoms. The molecule has 0 aliphatic rings. The van der Waals surface area contributed by atoms with Crippen LogP contribution in [0, 0.1) is 11.6 Å². The zero-order valence-electron chi connectivity index (χ0n) is 12.5. The van der Waals surface area contributed by atoms with E-state index < -0.39 is 38.1 Å². The number of aromatic nitrogens is 3. The molecule has 0 saturated carbocycles. The van der Waals surface area contributed by atoms with Gasteiger partial charge in [0, 0.05) is 6.07 Å². The Morgan fingerprint density at radius 2 is 1.76 bits per heavy atom. The van der Waals surface area contributed by atoms with E-state index in [9.17, 15) is 22.0 Å². The average Bonchev–Trinajstić information content (AvgIpc) is 2.56. The van der Waals surface area contributed by atoms with Gasteiger partial charge in [0.15, 0.2) is 5.65 Å². The van der Waals surface area contributed by atoms with Gasteiger partial charge in [-0.1, -0.05) is 17.7 Å². The van der Waals surface area contributed by atoms with Gasteiger partial charge in [-0.3, -0.25) is 9.36 Å². The number of sulfonamides is 1. The summed E-state index contributed by atoms with van der Waals surface area (Å²) in [4.78, 5) is 19.7. The minimum Gasteiger partial charge on any atom is -0.269 e. The smallest absolute Gasteiger partial charge is 0.269 e. The molecule has 0 aliphatic carbocycles. The zero-order valence-corrected chi connectivity index (χ0v) is 14.1. The van der Waals surface area contributed by atoms with Crippen molar-refractivity contribution in [2.45, 2.75) is 5.16 Å². The average molecular weight is 387 g/mol. The first-order chi connectivity index (χ1) is 11.8. The number of fused-ring (bicyclic) bond motifs is 1. The van der Waals surface area contributed by atoms with E-state index in [1.54, 1.807) is 0 Å².